The van der Waals surface area contributed by atoms with Gasteiger partial charge in [0, 0.05) is 17.9 Å². The molecule has 0 amide bonds. The molecule has 4 heteroatoms. The Morgan fingerprint density at radius 2 is 1.86 bits per heavy atom. The summed E-state index contributed by atoms with van der Waals surface area (Å²) in [7, 11) is 1.57. The van der Waals surface area contributed by atoms with Crippen molar-refractivity contribution in [2.75, 3.05) is 7.11 Å². The number of methoxy groups -OCH3 is 1. The van der Waals surface area contributed by atoms with E-state index in [1.54, 1.807) is 25.3 Å². The molecular formula is C17H15NO3. The standard InChI is InChI=1S/C17H15NO3/c1-11(19)18-15-9-8-13(21-2)10-14(15)17(20)16(18)12-6-4-3-5-7-12/h3-10,20H,1-2H3. The summed E-state index contributed by atoms with van der Waals surface area (Å²) in [5.74, 6) is 0.577. The van der Waals surface area contributed by atoms with E-state index < -0.39 is 0 Å². The molecule has 0 atom stereocenters. The van der Waals surface area contributed by atoms with E-state index in [0.29, 0.717) is 22.3 Å². The van der Waals surface area contributed by atoms with Crippen LogP contribution in [0.2, 0.25) is 0 Å². The van der Waals surface area contributed by atoms with Gasteiger partial charge in [-0.15, -0.1) is 0 Å². The van der Waals surface area contributed by atoms with Gasteiger partial charge in [-0.2, -0.15) is 0 Å². The predicted molar refractivity (Wildman–Crippen MR) is 81.9 cm³/mol. The summed E-state index contributed by atoms with van der Waals surface area (Å²) in [6.45, 7) is 1.48. The Balaban J connectivity index is 2.40. The van der Waals surface area contributed by atoms with Gasteiger partial charge in [-0.1, -0.05) is 30.3 Å². The second kappa shape index (κ2) is 4.98. The van der Waals surface area contributed by atoms with Crippen LogP contribution in [0.3, 0.4) is 0 Å². The highest BCUT2D eigenvalue weighted by Gasteiger charge is 2.20. The topological polar surface area (TPSA) is 51.5 Å². The number of ether oxygens (including phenoxy) is 1. The van der Waals surface area contributed by atoms with Crippen LogP contribution in [0.1, 0.15) is 11.7 Å². The third-order valence-corrected chi connectivity index (χ3v) is 3.51. The first kappa shape index (κ1) is 13.2. The summed E-state index contributed by atoms with van der Waals surface area (Å²) < 4.78 is 6.71. The molecule has 0 unspecified atom stereocenters. The minimum Gasteiger partial charge on any atom is -0.505 e. The fraction of sp³-hybridized carbons (Fsp3) is 0.118. The van der Waals surface area contributed by atoms with Crippen LogP contribution in [0.4, 0.5) is 0 Å². The molecule has 1 heterocycles. The Kier molecular flexibility index (Phi) is 3.14. The molecule has 1 N–H and O–H groups in total. The second-order valence-electron chi connectivity index (χ2n) is 4.80. The van der Waals surface area contributed by atoms with Crippen LogP contribution in [-0.4, -0.2) is 22.7 Å². The van der Waals surface area contributed by atoms with E-state index in [1.807, 2.05) is 30.3 Å². The van der Waals surface area contributed by atoms with Crippen LogP contribution in [0.15, 0.2) is 48.5 Å². The molecule has 0 fully saturated rings. The number of hydrogen-bond acceptors (Lipinski definition) is 3. The largest absolute Gasteiger partial charge is 0.505 e. The van der Waals surface area contributed by atoms with Crippen molar-refractivity contribution in [3.63, 3.8) is 0 Å². The van der Waals surface area contributed by atoms with Gasteiger partial charge in [-0.05, 0) is 18.2 Å². The third-order valence-electron chi connectivity index (χ3n) is 3.51. The van der Waals surface area contributed by atoms with Crippen molar-refractivity contribution in [2.24, 2.45) is 0 Å². The number of carbonyl (C=O) groups excluding carboxylic acids is 1. The van der Waals surface area contributed by atoms with E-state index in [-0.39, 0.29) is 11.7 Å². The minimum atomic E-state index is -0.149. The van der Waals surface area contributed by atoms with Crippen LogP contribution >= 0.6 is 0 Å². The van der Waals surface area contributed by atoms with Crippen LogP contribution < -0.4 is 4.74 Å². The second-order valence-corrected chi connectivity index (χ2v) is 4.80. The Labute approximate surface area is 122 Å². The summed E-state index contributed by atoms with van der Waals surface area (Å²) in [6.07, 6.45) is 0. The monoisotopic (exact) mass is 281 g/mol. The molecule has 4 nitrogen and oxygen atoms in total. The van der Waals surface area contributed by atoms with Crippen molar-refractivity contribution in [3.05, 3.63) is 48.5 Å². The molecule has 0 spiro atoms. The maximum atomic E-state index is 12.0. The van der Waals surface area contributed by atoms with Gasteiger partial charge in [0.1, 0.15) is 11.5 Å². The molecule has 0 aliphatic rings. The van der Waals surface area contributed by atoms with E-state index in [9.17, 15) is 9.90 Å². The van der Waals surface area contributed by atoms with Crippen molar-refractivity contribution in [2.45, 2.75) is 6.92 Å². The lowest BCUT2D eigenvalue weighted by Gasteiger charge is -2.07. The van der Waals surface area contributed by atoms with Gasteiger partial charge < -0.3 is 9.84 Å². The lowest BCUT2D eigenvalue weighted by atomic mass is 10.1. The van der Waals surface area contributed by atoms with Gasteiger partial charge in [0.05, 0.1) is 18.3 Å². The lowest BCUT2D eigenvalue weighted by Crippen LogP contribution is -2.06. The number of benzene rings is 2. The summed E-state index contributed by atoms with van der Waals surface area (Å²) >= 11 is 0. The molecule has 2 aromatic carbocycles. The molecule has 0 saturated carbocycles. The molecule has 3 aromatic rings. The zero-order valence-electron chi connectivity index (χ0n) is 11.8. The number of hydrogen-bond donors (Lipinski definition) is 1. The maximum absolute atomic E-state index is 12.0. The number of aromatic nitrogens is 1. The first-order valence-electron chi connectivity index (χ1n) is 6.61. The van der Waals surface area contributed by atoms with E-state index in [2.05, 4.69) is 0 Å². The van der Waals surface area contributed by atoms with E-state index in [1.165, 1.54) is 11.5 Å². The van der Waals surface area contributed by atoms with Crippen molar-refractivity contribution < 1.29 is 14.6 Å². The van der Waals surface area contributed by atoms with Crippen molar-refractivity contribution in [1.82, 2.24) is 4.57 Å². The maximum Gasteiger partial charge on any atom is 0.228 e. The van der Waals surface area contributed by atoms with Gasteiger partial charge in [-0.25, -0.2) is 0 Å². The molecule has 21 heavy (non-hydrogen) atoms. The third kappa shape index (κ3) is 2.05. The summed E-state index contributed by atoms with van der Waals surface area (Å²) in [4.78, 5) is 12.0. The lowest BCUT2D eigenvalue weighted by molar-refractivity contribution is 0.0943. The van der Waals surface area contributed by atoms with Gasteiger partial charge in [0.15, 0.2) is 0 Å². The number of aromatic hydroxyl groups is 1. The van der Waals surface area contributed by atoms with Gasteiger partial charge in [0.25, 0.3) is 0 Å². The van der Waals surface area contributed by atoms with Crippen LogP contribution in [-0.2, 0) is 0 Å². The number of fused-ring (bicyclic) bond motifs is 1. The molecule has 0 radical (unpaired) electrons. The molecule has 0 bridgehead atoms. The molecule has 0 aliphatic carbocycles. The number of rotatable bonds is 2. The van der Waals surface area contributed by atoms with Crippen LogP contribution in [0.25, 0.3) is 22.2 Å². The van der Waals surface area contributed by atoms with Gasteiger partial charge >= 0.3 is 0 Å². The average molecular weight is 281 g/mol. The Hall–Kier alpha value is -2.75. The minimum absolute atomic E-state index is 0.0882. The molecular weight excluding hydrogens is 266 g/mol. The van der Waals surface area contributed by atoms with Crippen LogP contribution in [0, 0.1) is 0 Å². The molecule has 1 aromatic heterocycles. The Bertz CT molecular complexity index is 819. The zero-order valence-corrected chi connectivity index (χ0v) is 11.8. The summed E-state index contributed by atoms with van der Waals surface area (Å²) in [5.41, 5.74) is 1.96. The SMILES string of the molecule is COc1ccc2c(c1)c(O)c(-c1ccccc1)n2C(C)=O. The predicted octanol–water partition coefficient (Wildman–Crippen LogP) is 3.68. The zero-order chi connectivity index (χ0) is 15.0. The fourth-order valence-corrected chi connectivity index (χ4v) is 2.57. The molecule has 3 rings (SSSR count). The summed E-state index contributed by atoms with van der Waals surface area (Å²) in [5, 5.41) is 11.2. The summed E-state index contributed by atoms with van der Waals surface area (Å²) in [6, 6.07) is 14.7. The van der Waals surface area contributed by atoms with E-state index >= 15 is 0 Å². The number of nitrogens with zero attached hydrogens (tertiary/aromatic N) is 1. The van der Waals surface area contributed by atoms with Crippen molar-refractivity contribution in [1.29, 1.82) is 0 Å². The smallest absolute Gasteiger partial charge is 0.228 e. The van der Waals surface area contributed by atoms with Gasteiger partial charge in [-0.3, -0.25) is 9.36 Å². The highest BCUT2D eigenvalue weighted by Crippen LogP contribution is 2.40. The average Bonchev–Trinajstić information content (AvgIpc) is 2.81. The highest BCUT2D eigenvalue weighted by atomic mass is 16.5. The highest BCUT2D eigenvalue weighted by molar-refractivity contribution is 6.03. The van der Waals surface area contributed by atoms with E-state index in [0.717, 1.165) is 5.56 Å². The number of carbonyl (C=O) groups is 1. The normalized spacial score (nSPS) is 10.8. The van der Waals surface area contributed by atoms with Crippen LogP contribution in [0.5, 0.6) is 11.5 Å². The Morgan fingerprint density at radius 1 is 1.14 bits per heavy atom. The quantitative estimate of drug-likeness (QED) is 0.779. The Morgan fingerprint density at radius 3 is 2.48 bits per heavy atom. The first-order chi connectivity index (χ1) is 10.1. The van der Waals surface area contributed by atoms with Crippen molar-refractivity contribution in [3.8, 4) is 22.8 Å². The fourth-order valence-electron chi connectivity index (χ4n) is 2.57. The van der Waals surface area contributed by atoms with E-state index in [4.69, 9.17) is 4.74 Å². The van der Waals surface area contributed by atoms with Gasteiger partial charge in [0.2, 0.25) is 5.91 Å². The molecule has 0 saturated heterocycles. The van der Waals surface area contributed by atoms with Crippen molar-refractivity contribution >= 4 is 16.8 Å². The first-order valence-corrected chi connectivity index (χ1v) is 6.61. The molecule has 0 aliphatic heterocycles. The molecule has 106 valence electrons.